The van der Waals surface area contributed by atoms with Gasteiger partial charge in [-0.1, -0.05) is 6.92 Å². The molecule has 1 aromatic rings. The highest BCUT2D eigenvalue weighted by molar-refractivity contribution is 6.00. The zero-order chi connectivity index (χ0) is 15.7. The predicted molar refractivity (Wildman–Crippen MR) is 73.8 cm³/mol. The number of ether oxygens (including phenoxy) is 3. The molecule has 7 nitrogen and oxygen atoms in total. The number of carbonyl (C=O) groups is 2. The molecule has 116 valence electrons. The van der Waals surface area contributed by atoms with Crippen molar-refractivity contribution < 1.29 is 23.8 Å². The lowest BCUT2D eigenvalue weighted by molar-refractivity contribution is -0.157. The summed E-state index contributed by atoms with van der Waals surface area (Å²) < 4.78 is 15.2. The second-order valence-electron chi connectivity index (χ2n) is 4.07. The van der Waals surface area contributed by atoms with Crippen LogP contribution in [0.5, 0.6) is 5.88 Å². The van der Waals surface area contributed by atoms with E-state index >= 15 is 0 Å². The Morgan fingerprint density at radius 2 is 1.71 bits per heavy atom. The van der Waals surface area contributed by atoms with Gasteiger partial charge in [0.1, 0.15) is 6.33 Å². The van der Waals surface area contributed by atoms with Gasteiger partial charge in [0.05, 0.1) is 25.5 Å². The lowest BCUT2D eigenvalue weighted by Gasteiger charge is -2.14. The largest absolute Gasteiger partial charge is 0.478 e. The summed E-state index contributed by atoms with van der Waals surface area (Å²) >= 11 is 0. The molecule has 0 fully saturated rings. The summed E-state index contributed by atoms with van der Waals surface area (Å²) in [5.74, 6) is -2.32. The zero-order valence-electron chi connectivity index (χ0n) is 12.5. The molecule has 0 saturated heterocycles. The summed E-state index contributed by atoms with van der Waals surface area (Å²) in [4.78, 5) is 31.8. The van der Waals surface area contributed by atoms with E-state index in [0.29, 0.717) is 12.5 Å². The third kappa shape index (κ3) is 5.02. The van der Waals surface area contributed by atoms with Crippen LogP contribution >= 0.6 is 0 Å². The number of carbonyl (C=O) groups excluding carboxylic acids is 2. The number of nitrogens with zero attached hydrogens (tertiary/aromatic N) is 2. The molecule has 1 rings (SSSR count). The molecule has 1 aromatic heterocycles. The van der Waals surface area contributed by atoms with E-state index in [9.17, 15) is 9.59 Å². The Kier molecular flexibility index (Phi) is 7.14. The van der Waals surface area contributed by atoms with Gasteiger partial charge in [-0.2, -0.15) is 0 Å². The summed E-state index contributed by atoms with van der Waals surface area (Å²) in [6, 6.07) is 1.45. The summed E-state index contributed by atoms with van der Waals surface area (Å²) in [6.45, 7) is 6.10. The fraction of sp³-hybridized carbons (Fsp3) is 0.571. The summed E-state index contributed by atoms with van der Waals surface area (Å²) in [5.41, 5.74) is 0.202. The molecule has 7 heteroatoms. The molecular formula is C14H20N2O5. The van der Waals surface area contributed by atoms with Gasteiger partial charge in [0, 0.05) is 6.07 Å². The summed E-state index contributed by atoms with van der Waals surface area (Å²) in [6.07, 6.45) is 2.06. The molecule has 0 saturated carbocycles. The van der Waals surface area contributed by atoms with Crippen LogP contribution in [0.1, 0.15) is 38.8 Å². The number of rotatable bonds is 8. The average molecular weight is 296 g/mol. The minimum atomic E-state index is -1.23. The molecule has 0 unspecified atom stereocenters. The Morgan fingerprint density at radius 3 is 2.24 bits per heavy atom. The van der Waals surface area contributed by atoms with Crippen molar-refractivity contribution in [3.8, 4) is 5.88 Å². The molecule has 0 atom stereocenters. The second kappa shape index (κ2) is 8.89. The highest BCUT2D eigenvalue weighted by Gasteiger charge is 2.33. The van der Waals surface area contributed by atoms with Gasteiger partial charge < -0.3 is 14.2 Å². The Morgan fingerprint density at radius 1 is 1.10 bits per heavy atom. The predicted octanol–water partition coefficient (Wildman–Crippen LogP) is 1.48. The number of esters is 2. The highest BCUT2D eigenvalue weighted by Crippen LogP contribution is 2.20. The van der Waals surface area contributed by atoms with Gasteiger partial charge in [-0.05, 0) is 20.3 Å². The van der Waals surface area contributed by atoms with Crippen LogP contribution in [0.3, 0.4) is 0 Å². The third-order valence-corrected chi connectivity index (χ3v) is 2.46. The molecule has 21 heavy (non-hydrogen) atoms. The molecule has 0 aliphatic heterocycles. The molecule has 0 amide bonds. The first-order valence-electron chi connectivity index (χ1n) is 6.91. The van der Waals surface area contributed by atoms with Crippen LogP contribution in [0.25, 0.3) is 0 Å². The number of aromatic nitrogens is 2. The van der Waals surface area contributed by atoms with Crippen LogP contribution < -0.4 is 4.74 Å². The van der Waals surface area contributed by atoms with Gasteiger partial charge in [-0.3, -0.25) is 9.59 Å². The lowest BCUT2D eigenvalue weighted by Crippen LogP contribution is -2.27. The molecule has 0 spiro atoms. The maximum Gasteiger partial charge on any atom is 0.326 e. The molecule has 0 aliphatic carbocycles. The zero-order valence-corrected chi connectivity index (χ0v) is 12.5. The van der Waals surface area contributed by atoms with Gasteiger partial charge >= 0.3 is 11.9 Å². The second-order valence-corrected chi connectivity index (χ2v) is 4.07. The van der Waals surface area contributed by atoms with Crippen LogP contribution in [0.15, 0.2) is 12.4 Å². The highest BCUT2D eigenvalue weighted by atomic mass is 16.6. The number of hydrogen-bond donors (Lipinski definition) is 0. The van der Waals surface area contributed by atoms with E-state index in [1.807, 2.05) is 6.92 Å². The normalized spacial score (nSPS) is 10.3. The van der Waals surface area contributed by atoms with Gasteiger partial charge in [-0.25, -0.2) is 9.97 Å². The monoisotopic (exact) mass is 296 g/mol. The van der Waals surface area contributed by atoms with E-state index in [2.05, 4.69) is 9.97 Å². The van der Waals surface area contributed by atoms with Crippen molar-refractivity contribution in [2.24, 2.45) is 0 Å². The van der Waals surface area contributed by atoms with E-state index in [-0.39, 0.29) is 18.9 Å². The first-order valence-corrected chi connectivity index (χ1v) is 6.91. The fourth-order valence-electron chi connectivity index (χ4n) is 1.59. The molecule has 0 N–H and O–H groups in total. The molecule has 0 aromatic carbocycles. The molecule has 0 radical (unpaired) electrons. The van der Waals surface area contributed by atoms with Crippen molar-refractivity contribution in [3.63, 3.8) is 0 Å². The van der Waals surface area contributed by atoms with Crippen LogP contribution in [0.2, 0.25) is 0 Å². The Labute approximate surface area is 123 Å². The third-order valence-electron chi connectivity index (χ3n) is 2.46. The van der Waals surface area contributed by atoms with E-state index < -0.39 is 17.9 Å². The van der Waals surface area contributed by atoms with Crippen molar-refractivity contribution >= 4 is 11.9 Å². The van der Waals surface area contributed by atoms with Gasteiger partial charge in [0.15, 0.2) is 5.92 Å². The van der Waals surface area contributed by atoms with Crippen molar-refractivity contribution in [1.29, 1.82) is 0 Å². The standard InChI is InChI=1S/C14H20N2O5/c1-4-7-21-11-8-10(15-9-16-11)12(13(17)19-5-2)14(18)20-6-3/h8-9,12H,4-7H2,1-3H3. The summed E-state index contributed by atoms with van der Waals surface area (Å²) in [7, 11) is 0. The fourth-order valence-corrected chi connectivity index (χ4v) is 1.59. The maximum absolute atomic E-state index is 12.0. The smallest absolute Gasteiger partial charge is 0.326 e. The Balaban J connectivity index is 3.01. The van der Waals surface area contributed by atoms with Gasteiger partial charge in [0.25, 0.3) is 0 Å². The molecule has 0 bridgehead atoms. The average Bonchev–Trinajstić information content (AvgIpc) is 2.46. The Bertz CT molecular complexity index is 460. The van der Waals surface area contributed by atoms with Crippen molar-refractivity contribution in [3.05, 3.63) is 18.1 Å². The first kappa shape index (κ1) is 16.9. The first-order chi connectivity index (χ1) is 10.1. The number of hydrogen-bond acceptors (Lipinski definition) is 7. The molecule has 0 aliphatic rings. The van der Waals surface area contributed by atoms with Gasteiger partial charge in [-0.15, -0.1) is 0 Å². The van der Waals surface area contributed by atoms with Gasteiger partial charge in [0.2, 0.25) is 5.88 Å². The van der Waals surface area contributed by atoms with E-state index in [1.54, 1.807) is 13.8 Å². The summed E-state index contributed by atoms with van der Waals surface area (Å²) in [5, 5.41) is 0. The molecular weight excluding hydrogens is 276 g/mol. The van der Waals surface area contributed by atoms with Crippen molar-refractivity contribution in [1.82, 2.24) is 9.97 Å². The van der Waals surface area contributed by atoms with Crippen LogP contribution in [-0.4, -0.2) is 41.7 Å². The lowest BCUT2D eigenvalue weighted by atomic mass is 10.1. The SMILES string of the molecule is CCCOc1cc(C(C(=O)OCC)C(=O)OCC)ncn1. The topological polar surface area (TPSA) is 87.6 Å². The molecule has 1 heterocycles. The van der Waals surface area contributed by atoms with Crippen LogP contribution in [0, 0.1) is 0 Å². The van der Waals surface area contributed by atoms with E-state index in [4.69, 9.17) is 14.2 Å². The van der Waals surface area contributed by atoms with E-state index in [0.717, 1.165) is 6.42 Å². The minimum absolute atomic E-state index is 0.166. The van der Waals surface area contributed by atoms with E-state index in [1.165, 1.54) is 12.4 Å². The minimum Gasteiger partial charge on any atom is -0.478 e. The quantitative estimate of drug-likeness (QED) is 0.530. The van der Waals surface area contributed by atoms with Crippen LogP contribution in [-0.2, 0) is 19.1 Å². The van der Waals surface area contributed by atoms with Crippen molar-refractivity contribution in [2.75, 3.05) is 19.8 Å². The maximum atomic E-state index is 12.0. The Hall–Kier alpha value is -2.18. The van der Waals surface area contributed by atoms with Crippen molar-refractivity contribution in [2.45, 2.75) is 33.1 Å². The van der Waals surface area contributed by atoms with Crippen LogP contribution in [0.4, 0.5) is 0 Å².